The summed E-state index contributed by atoms with van der Waals surface area (Å²) in [6.07, 6.45) is 0.720. The summed E-state index contributed by atoms with van der Waals surface area (Å²) in [5.74, 6) is 1.05. The summed E-state index contributed by atoms with van der Waals surface area (Å²) in [6.45, 7) is 4.75. The lowest BCUT2D eigenvalue weighted by atomic mass is 10.2. The molecule has 1 aromatic carbocycles. The van der Waals surface area contributed by atoms with E-state index in [1.54, 1.807) is 4.68 Å². The van der Waals surface area contributed by atoms with Crippen LogP contribution in [0.3, 0.4) is 0 Å². The fourth-order valence-electron chi connectivity index (χ4n) is 3.16. The zero-order valence-corrected chi connectivity index (χ0v) is 16.7. The highest BCUT2D eigenvalue weighted by Crippen LogP contribution is 2.26. The maximum absolute atomic E-state index is 6.10. The van der Waals surface area contributed by atoms with Gasteiger partial charge in [0.1, 0.15) is 0 Å². The van der Waals surface area contributed by atoms with E-state index in [1.807, 2.05) is 31.2 Å². The van der Waals surface area contributed by atoms with Crippen LogP contribution in [0.1, 0.15) is 24.5 Å². The van der Waals surface area contributed by atoms with E-state index in [2.05, 4.69) is 37.7 Å². The molecule has 0 radical (unpaired) electrons. The molecule has 0 bridgehead atoms. The smallest absolute Gasteiger partial charge is 0.280 e. The minimum absolute atomic E-state index is 0. The Bertz CT molecular complexity index is 910. The molecule has 3 aromatic rings. The third kappa shape index (κ3) is 3.84. The first-order valence-electron chi connectivity index (χ1n) is 8.63. The zero-order chi connectivity index (χ0) is 18.1. The van der Waals surface area contributed by atoms with Crippen molar-refractivity contribution in [1.29, 1.82) is 0 Å². The Balaban J connectivity index is 0.00000210. The van der Waals surface area contributed by atoms with Gasteiger partial charge in [-0.05, 0) is 31.7 Å². The summed E-state index contributed by atoms with van der Waals surface area (Å²) in [4.78, 5) is 6.80. The first kappa shape index (κ1) is 19.8. The first-order valence-corrected chi connectivity index (χ1v) is 9.00. The molecule has 1 saturated heterocycles. The average Bonchev–Trinajstić information content (AvgIpc) is 3.28. The SMILES string of the molecule is CCc1c(-c2nc(C3CNCCN3C)no2)nnn1-c1cccc(Cl)c1.Cl. The molecule has 1 fully saturated rings. The molecule has 0 aliphatic carbocycles. The van der Waals surface area contributed by atoms with Crippen molar-refractivity contribution in [2.24, 2.45) is 0 Å². The van der Waals surface area contributed by atoms with Gasteiger partial charge >= 0.3 is 0 Å². The van der Waals surface area contributed by atoms with Crippen LogP contribution < -0.4 is 5.32 Å². The van der Waals surface area contributed by atoms with E-state index in [1.165, 1.54) is 0 Å². The van der Waals surface area contributed by atoms with E-state index in [9.17, 15) is 0 Å². The van der Waals surface area contributed by atoms with Gasteiger partial charge < -0.3 is 9.84 Å². The number of likely N-dealkylation sites (N-methyl/N-ethyl adjacent to an activating group) is 1. The molecular formula is C17H21Cl2N7O. The van der Waals surface area contributed by atoms with Gasteiger partial charge in [-0.15, -0.1) is 17.5 Å². The second-order valence-electron chi connectivity index (χ2n) is 6.29. The third-order valence-corrected chi connectivity index (χ3v) is 4.84. The number of halogens is 2. The molecule has 1 unspecified atom stereocenters. The van der Waals surface area contributed by atoms with Crippen molar-refractivity contribution in [2.75, 3.05) is 26.7 Å². The van der Waals surface area contributed by atoms with Crippen molar-refractivity contribution >= 4 is 24.0 Å². The predicted octanol–water partition coefficient (Wildman–Crippen LogP) is 2.53. The summed E-state index contributed by atoms with van der Waals surface area (Å²) in [5.41, 5.74) is 2.36. The molecule has 2 aromatic heterocycles. The zero-order valence-electron chi connectivity index (χ0n) is 15.1. The Kier molecular flexibility index (Phi) is 6.11. The minimum atomic E-state index is 0. The molecule has 1 aliphatic rings. The summed E-state index contributed by atoms with van der Waals surface area (Å²) in [6, 6.07) is 7.59. The highest BCUT2D eigenvalue weighted by molar-refractivity contribution is 6.30. The Morgan fingerprint density at radius 3 is 2.96 bits per heavy atom. The molecule has 0 amide bonds. The van der Waals surface area contributed by atoms with Crippen molar-refractivity contribution in [2.45, 2.75) is 19.4 Å². The molecule has 4 rings (SSSR count). The number of piperazine rings is 1. The molecule has 8 nitrogen and oxygen atoms in total. The van der Waals surface area contributed by atoms with Crippen molar-refractivity contribution in [1.82, 2.24) is 35.4 Å². The fourth-order valence-corrected chi connectivity index (χ4v) is 3.35. The van der Waals surface area contributed by atoms with Gasteiger partial charge in [0.15, 0.2) is 11.5 Å². The van der Waals surface area contributed by atoms with Crippen LogP contribution in [0.25, 0.3) is 17.3 Å². The fraction of sp³-hybridized carbons (Fsp3) is 0.412. The van der Waals surface area contributed by atoms with Gasteiger partial charge in [0.2, 0.25) is 0 Å². The number of rotatable bonds is 4. The maximum Gasteiger partial charge on any atom is 0.280 e. The van der Waals surface area contributed by atoms with E-state index in [4.69, 9.17) is 16.1 Å². The second kappa shape index (κ2) is 8.35. The molecule has 3 heterocycles. The van der Waals surface area contributed by atoms with E-state index >= 15 is 0 Å². The lowest BCUT2D eigenvalue weighted by Gasteiger charge is -2.30. The quantitative estimate of drug-likeness (QED) is 0.708. The topological polar surface area (TPSA) is 84.9 Å². The standard InChI is InChI=1S/C17H20ClN7O.ClH/c1-3-13-15(21-23-25(13)12-6-4-5-11(18)9-12)17-20-16(22-26-17)14-10-19-7-8-24(14)2;/h4-6,9,14,19H,3,7-8,10H2,1-2H3;1H. The molecule has 1 aliphatic heterocycles. The molecule has 0 saturated carbocycles. The first-order chi connectivity index (χ1) is 12.7. The molecule has 10 heteroatoms. The lowest BCUT2D eigenvalue weighted by molar-refractivity contribution is 0.190. The highest BCUT2D eigenvalue weighted by atomic mass is 35.5. The van der Waals surface area contributed by atoms with E-state index in [-0.39, 0.29) is 18.4 Å². The van der Waals surface area contributed by atoms with Crippen LogP contribution in [0.15, 0.2) is 28.8 Å². The Morgan fingerprint density at radius 1 is 1.37 bits per heavy atom. The highest BCUT2D eigenvalue weighted by Gasteiger charge is 2.27. The monoisotopic (exact) mass is 409 g/mol. The lowest BCUT2D eigenvalue weighted by Crippen LogP contribution is -2.44. The van der Waals surface area contributed by atoms with Gasteiger partial charge in [0, 0.05) is 24.7 Å². The summed E-state index contributed by atoms with van der Waals surface area (Å²) in [5, 5.41) is 16.7. The molecule has 1 N–H and O–H groups in total. The number of aromatic nitrogens is 5. The van der Waals surface area contributed by atoms with Crippen LogP contribution in [0.2, 0.25) is 5.02 Å². The number of benzene rings is 1. The van der Waals surface area contributed by atoms with Crippen molar-refractivity contribution in [3.8, 4) is 17.3 Å². The van der Waals surface area contributed by atoms with Crippen LogP contribution in [-0.4, -0.2) is 56.7 Å². The van der Waals surface area contributed by atoms with Crippen molar-refractivity contribution in [3.63, 3.8) is 0 Å². The average molecular weight is 410 g/mol. The van der Waals surface area contributed by atoms with Crippen LogP contribution in [0.5, 0.6) is 0 Å². The molecule has 27 heavy (non-hydrogen) atoms. The summed E-state index contributed by atoms with van der Waals surface area (Å²) in [7, 11) is 2.06. The number of hydrogen-bond donors (Lipinski definition) is 1. The Labute approximate surface area is 168 Å². The maximum atomic E-state index is 6.10. The van der Waals surface area contributed by atoms with Gasteiger partial charge in [-0.1, -0.05) is 35.0 Å². The number of nitrogens with one attached hydrogen (secondary N) is 1. The third-order valence-electron chi connectivity index (χ3n) is 4.60. The molecular weight excluding hydrogens is 389 g/mol. The molecule has 1 atom stereocenters. The Hall–Kier alpha value is -2.00. The van der Waals surface area contributed by atoms with Gasteiger partial charge in [-0.2, -0.15) is 4.98 Å². The summed E-state index contributed by atoms with van der Waals surface area (Å²) < 4.78 is 7.27. The molecule has 144 valence electrons. The minimum Gasteiger partial charge on any atom is -0.332 e. The van der Waals surface area contributed by atoms with Crippen molar-refractivity contribution < 1.29 is 4.52 Å². The van der Waals surface area contributed by atoms with Crippen molar-refractivity contribution in [3.05, 3.63) is 40.8 Å². The largest absolute Gasteiger partial charge is 0.332 e. The van der Waals surface area contributed by atoms with Gasteiger partial charge in [-0.3, -0.25) is 4.90 Å². The summed E-state index contributed by atoms with van der Waals surface area (Å²) >= 11 is 6.10. The van der Waals surface area contributed by atoms with Gasteiger partial charge in [-0.25, -0.2) is 4.68 Å². The van der Waals surface area contributed by atoms with Crippen LogP contribution in [0.4, 0.5) is 0 Å². The predicted molar refractivity (Wildman–Crippen MR) is 105 cm³/mol. The second-order valence-corrected chi connectivity index (χ2v) is 6.72. The van der Waals surface area contributed by atoms with Crippen LogP contribution in [-0.2, 0) is 6.42 Å². The molecule has 0 spiro atoms. The number of nitrogens with zero attached hydrogens (tertiary/aromatic N) is 6. The van der Waals surface area contributed by atoms with Gasteiger partial charge in [0.05, 0.1) is 17.4 Å². The van der Waals surface area contributed by atoms with E-state index < -0.39 is 0 Å². The van der Waals surface area contributed by atoms with Crippen LogP contribution >= 0.6 is 24.0 Å². The van der Waals surface area contributed by atoms with E-state index in [0.717, 1.165) is 37.4 Å². The van der Waals surface area contributed by atoms with Gasteiger partial charge in [0.25, 0.3) is 5.89 Å². The van der Waals surface area contributed by atoms with Crippen LogP contribution in [0, 0.1) is 0 Å². The Morgan fingerprint density at radius 2 is 2.22 bits per heavy atom. The van der Waals surface area contributed by atoms with E-state index in [0.29, 0.717) is 22.4 Å². The normalized spacial score (nSPS) is 17.7. The number of hydrogen-bond acceptors (Lipinski definition) is 7.